The van der Waals surface area contributed by atoms with Gasteiger partial charge in [-0.1, -0.05) is 6.08 Å². The predicted molar refractivity (Wildman–Crippen MR) is 84.0 cm³/mol. The summed E-state index contributed by atoms with van der Waals surface area (Å²) in [4.78, 5) is 17.8. The average Bonchev–Trinajstić information content (AvgIpc) is 2.48. The molecule has 0 unspecified atom stereocenters. The van der Waals surface area contributed by atoms with Crippen LogP contribution in [0.2, 0.25) is 0 Å². The summed E-state index contributed by atoms with van der Waals surface area (Å²) in [6.45, 7) is 7.88. The van der Waals surface area contributed by atoms with Crippen LogP contribution in [0.1, 0.15) is 44.1 Å². The minimum atomic E-state index is -0.537. The lowest BCUT2D eigenvalue weighted by molar-refractivity contribution is 0.0270. The first-order chi connectivity index (χ1) is 10.7. The highest BCUT2D eigenvalue weighted by Crippen LogP contribution is 2.25. The van der Waals surface area contributed by atoms with Crippen molar-refractivity contribution in [3.63, 3.8) is 0 Å². The van der Waals surface area contributed by atoms with Crippen LogP contribution < -0.4 is 0 Å². The van der Waals surface area contributed by atoms with Gasteiger partial charge < -0.3 is 9.64 Å². The highest BCUT2D eigenvalue weighted by molar-refractivity contribution is 5.73. The molecule has 0 fully saturated rings. The quantitative estimate of drug-likeness (QED) is 0.796. The van der Waals surface area contributed by atoms with E-state index >= 15 is 0 Å². The molecule has 0 saturated heterocycles. The lowest BCUT2D eigenvalue weighted by atomic mass is 10.00. The smallest absolute Gasteiger partial charge is 0.410 e. The molecule has 0 radical (unpaired) electrons. The Morgan fingerprint density at radius 3 is 2.70 bits per heavy atom. The molecule has 122 valence electrons. The van der Waals surface area contributed by atoms with E-state index in [9.17, 15) is 9.18 Å². The molecule has 2 heterocycles. The minimum Gasteiger partial charge on any atom is -0.444 e. The van der Waals surface area contributed by atoms with Gasteiger partial charge in [-0.25, -0.2) is 14.2 Å². The zero-order chi connectivity index (χ0) is 17.2. The number of aryl methyl sites for hydroxylation is 1. The van der Waals surface area contributed by atoms with Crippen LogP contribution in [0.25, 0.3) is 5.57 Å². The molecule has 0 spiro atoms. The van der Waals surface area contributed by atoms with Crippen molar-refractivity contribution in [2.75, 3.05) is 13.1 Å². The summed E-state index contributed by atoms with van der Waals surface area (Å²) < 4.78 is 18.9. The fourth-order valence-electron chi connectivity index (χ4n) is 2.29. The number of pyridine rings is 1. The van der Waals surface area contributed by atoms with Crippen LogP contribution in [0.4, 0.5) is 9.18 Å². The number of carbonyl (C=O) groups is 1. The van der Waals surface area contributed by atoms with E-state index in [4.69, 9.17) is 10.00 Å². The lowest BCUT2D eigenvalue weighted by Gasteiger charge is -2.29. The first-order valence-electron chi connectivity index (χ1n) is 7.46. The molecule has 0 N–H and O–H groups in total. The van der Waals surface area contributed by atoms with Gasteiger partial charge in [0.2, 0.25) is 0 Å². The van der Waals surface area contributed by atoms with E-state index in [1.165, 1.54) is 6.07 Å². The third-order valence-corrected chi connectivity index (χ3v) is 3.44. The number of amides is 1. The number of aromatic nitrogens is 1. The van der Waals surface area contributed by atoms with Gasteiger partial charge in [-0.05, 0) is 45.8 Å². The molecule has 1 aliphatic rings. The molecule has 0 atom stereocenters. The van der Waals surface area contributed by atoms with Gasteiger partial charge in [0.05, 0.1) is 17.0 Å². The summed E-state index contributed by atoms with van der Waals surface area (Å²) in [7, 11) is 0. The maximum Gasteiger partial charge on any atom is 0.410 e. The zero-order valence-electron chi connectivity index (χ0n) is 13.8. The van der Waals surface area contributed by atoms with Crippen molar-refractivity contribution in [2.24, 2.45) is 0 Å². The molecule has 6 heteroatoms. The van der Waals surface area contributed by atoms with Gasteiger partial charge in [0.15, 0.2) is 0 Å². The number of rotatable bonds is 1. The first kappa shape index (κ1) is 16.9. The van der Waals surface area contributed by atoms with Crippen LogP contribution in [0.5, 0.6) is 0 Å². The summed E-state index contributed by atoms with van der Waals surface area (Å²) >= 11 is 0. The number of hydrogen-bond acceptors (Lipinski definition) is 4. The van der Waals surface area contributed by atoms with Crippen molar-refractivity contribution in [2.45, 2.75) is 39.7 Å². The fourth-order valence-corrected chi connectivity index (χ4v) is 2.29. The van der Waals surface area contributed by atoms with Crippen LogP contribution in [-0.4, -0.2) is 34.7 Å². The normalized spacial score (nSPS) is 15.0. The number of nitriles is 1. The van der Waals surface area contributed by atoms with Crippen molar-refractivity contribution in [1.29, 1.82) is 5.26 Å². The molecule has 1 amide bonds. The van der Waals surface area contributed by atoms with E-state index in [0.717, 1.165) is 5.57 Å². The summed E-state index contributed by atoms with van der Waals surface area (Å²) in [6.07, 6.45) is 2.02. The molecule has 1 aliphatic heterocycles. The molecule has 5 nitrogen and oxygen atoms in total. The molecular formula is C17H20FN3O2. The van der Waals surface area contributed by atoms with Gasteiger partial charge in [-0.15, -0.1) is 0 Å². The summed E-state index contributed by atoms with van der Waals surface area (Å²) in [5.74, 6) is -0.489. The lowest BCUT2D eigenvalue weighted by Crippen LogP contribution is -2.39. The van der Waals surface area contributed by atoms with E-state index < -0.39 is 11.4 Å². The van der Waals surface area contributed by atoms with Gasteiger partial charge in [0, 0.05) is 13.1 Å². The number of hydrogen-bond donors (Lipinski definition) is 0. The Labute approximate surface area is 135 Å². The van der Waals surface area contributed by atoms with E-state index in [2.05, 4.69) is 4.98 Å². The van der Waals surface area contributed by atoms with E-state index in [1.54, 1.807) is 11.8 Å². The molecule has 23 heavy (non-hydrogen) atoms. The molecule has 0 aliphatic carbocycles. The second-order valence-electron chi connectivity index (χ2n) is 6.47. The fraction of sp³-hybridized carbons (Fsp3) is 0.471. The summed E-state index contributed by atoms with van der Waals surface area (Å²) in [5, 5.41) is 9.16. The highest BCUT2D eigenvalue weighted by Gasteiger charge is 2.25. The summed E-state index contributed by atoms with van der Waals surface area (Å²) in [5.41, 5.74) is 1.28. The average molecular weight is 317 g/mol. The Hall–Kier alpha value is -2.42. The van der Waals surface area contributed by atoms with Crippen LogP contribution >= 0.6 is 0 Å². The van der Waals surface area contributed by atoms with Crippen molar-refractivity contribution >= 4 is 11.7 Å². The van der Waals surface area contributed by atoms with Crippen molar-refractivity contribution in [3.8, 4) is 6.07 Å². The van der Waals surface area contributed by atoms with E-state index in [0.29, 0.717) is 25.2 Å². The molecule has 0 aromatic carbocycles. The van der Waals surface area contributed by atoms with Gasteiger partial charge in [-0.3, -0.25) is 0 Å². The second-order valence-corrected chi connectivity index (χ2v) is 6.47. The zero-order valence-corrected chi connectivity index (χ0v) is 13.8. The molecule has 2 rings (SSSR count). The highest BCUT2D eigenvalue weighted by atomic mass is 19.1. The minimum absolute atomic E-state index is 0.213. The maximum absolute atomic E-state index is 13.5. The molecule has 0 bridgehead atoms. The topological polar surface area (TPSA) is 66.2 Å². The standard InChI is InChI=1S/C17H20FN3O2/c1-11-14(18)9-13(10-19)15(20-11)12-5-7-21(8-6-12)16(22)23-17(2,3)4/h5,9H,6-8H2,1-4H3. The van der Waals surface area contributed by atoms with Crippen LogP contribution in [0.15, 0.2) is 12.1 Å². The number of nitrogens with zero attached hydrogens (tertiary/aromatic N) is 3. The van der Waals surface area contributed by atoms with Crippen LogP contribution in [0.3, 0.4) is 0 Å². The molecule has 1 aromatic rings. The van der Waals surface area contributed by atoms with Crippen LogP contribution in [-0.2, 0) is 4.74 Å². The van der Waals surface area contributed by atoms with Gasteiger partial charge >= 0.3 is 6.09 Å². The maximum atomic E-state index is 13.5. The monoisotopic (exact) mass is 317 g/mol. The Balaban J connectivity index is 2.18. The molecule has 0 saturated carbocycles. The SMILES string of the molecule is Cc1nc(C2=CCN(C(=O)OC(C)(C)C)CC2)c(C#N)cc1F. The second kappa shape index (κ2) is 6.37. The van der Waals surface area contributed by atoms with Crippen molar-refractivity contribution in [1.82, 2.24) is 9.88 Å². The largest absolute Gasteiger partial charge is 0.444 e. The summed E-state index contributed by atoms with van der Waals surface area (Å²) in [6, 6.07) is 3.18. The van der Waals surface area contributed by atoms with Gasteiger partial charge in [-0.2, -0.15) is 5.26 Å². The Morgan fingerprint density at radius 2 is 2.17 bits per heavy atom. The number of halogens is 1. The third-order valence-electron chi connectivity index (χ3n) is 3.44. The van der Waals surface area contributed by atoms with E-state index in [-0.39, 0.29) is 17.4 Å². The molecular weight excluding hydrogens is 297 g/mol. The number of carbonyl (C=O) groups excluding carboxylic acids is 1. The molecule has 1 aromatic heterocycles. The van der Waals surface area contributed by atoms with Crippen molar-refractivity contribution < 1.29 is 13.9 Å². The van der Waals surface area contributed by atoms with Crippen LogP contribution in [0, 0.1) is 24.1 Å². The third kappa shape index (κ3) is 4.07. The Morgan fingerprint density at radius 1 is 1.48 bits per heavy atom. The number of ether oxygens (including phenoxy) is 1. The van der Waals surface area contributed by atoms with E-state index in [1.807, 2.05) is 32.9 Å². The Kier molecular flexibility index (Phi) is 4.69. The van der Waals surface area contributed by atoms with Gasteiger partial charge in [0.25, 0.3) is 0 Å². The first-order valence-corrected chi connectivity index (χ1v) is 7.46. The van der Waals surface area contributed by atoms with Crippen molar-refractivity contribution in [3.05, 3.63) is 34.9 Å². The Bertz CT molecular complexity index is 699. The predicted octanol–water partition coefficient (Wildman–Crippen LogP) is 3.43. The van der Waals surface area contributed by atoms with Gasteiger partial charge in [0.1, 0.15) is 17.5 Å².